The molecule has 0 saturated carbocycles. The van der Waals surface area contributed by atoms with E-state index in [1.165, 1.54) is 12.8 Å². The molecule has 0 atom stereocenters. The lowest BCUT2D eigenvalue weighted by Gasteiger charge is -2.13. The second-order valence-corrected chi connectivity index (χ2v) is 3.28. The van der Waals surface area contributed by atoms with Crippen molar-refractivity contribution >= 4 is 11.5 Å². The number of nitrogens with two attached hydrogens (primary N) is 1. The minimum Gasteiger partial charge on any atom is -0.394 e. The van der Waals surface area contributed by atoms with Crippen LogP contribution in [0.15, 0.2) is 6.20 Å². The molecule has 0 aliphatic carbocycles. The molecule has 4 heteroatoms. The Morgan fingerprint density at radius 2 is 2.08 bits per heavy atom. The Morgan fingerprint density at radius 3 is 2.58 bits per heavy atom. The number of hydrogen-bond acceptors (Lipinski definition) is 3. The molecule has 0 spiro atoms. The zero-order valence-electron chi connectivity index (χ0n) is 7.32. The van der Waals surface area contributed by atoms with Gasteiger partial charge in [-0.05, 0) is 12.8 Å². The summed E-state index contributed by atoms with van der Waals surface area (Å²) in [5.74, 6) is 0.954. The Kier molecular flexibility index (Phi) is 1.67. The Labute approximate surface area is 72.0 Å². The molecule has 12 heavy (non-hydrogen) atoms. The van der Waals surface area contributed by atoms with Gasteiger partial charge in [0.2, 0.25) is 0 Å². The summed E-state index contributed by atoms with van der Waals surface area (Å²) in [6.07, 6.45) is 4.37. The standard InChI is InChI=1S/C8H14N4/c1-11-6-7(9)8(10-11)12-4-2-3-5-12/h6H,2-5,9H2,1H3. The fourth-order valence-electron chi connectivity index (χ4n) is 1.67. The molecule has 2 heterocycles. The maximum atomic E-state index is 5.80. The second-order valence-electron chi connectivity index (χ2n) is 3.28. The lowest BCUT2D eigenvalue weighted by Crippen LogP contribution is -2.19. The number of nitrogens with zero attached hydrogens (tertiary/aromatic N) is 3. The molecule has 1 saturated heterocycles. The topological polar surface area (TPSA) is 47.1 Å². The van der Waals surface area contributed by atoms with Gasteiger partial charge >= 0.3 is 0 Å². The van der Waals surface area contributed by atoms with E-state index in [2.05, 4.69) is 10.00 Å². The summed E-state index contributed by atoms with van der Waals surface area (Å²) < 4.78 is 1.77. The van der Waals surface area contributed by atoms with Gasteiger partial charge in [0, 0.05) is 26.3 Å². The monoisotopic (exact) mass is 166 g/mol. The fourth-order valence-corrected chi connectivity index (χ4v) is 1.67. The molecule has 0 aromatic carbocycles. The Bertz CT molecular complexity index is 273. The van der Waals surface area contributed by atoms with Gasteiger partial charge in [0.25, 0.3) is 0 Å². The van der Waals surface area contributed by atoms with E-state index >= 15 is 0 Å². The molecule has 1 fully saturated rings. The number of anilines is 2. The van der Waals surface area contributed by atoms with Crippen molar-refractivity contribution in [2.75, 3.05) is 23.7 Å². The first-order valence-corrected chi connectivity index (χ1v) is 4.31. The van der Waals surface area contributed by atoms with Crippen LogP contribution >= 0.6 is 0 Å². The van der Waals surface area contributed by atoms with Crippen molar-refractivity contribution < 1.29 is 0 Å². The third-order valence-electron chi connectivity index (χ3n) is 2.24. The highest BCUT2D eigenvalue weighted by Gasteiger charge is 2.17. The van der Waals surface area contributed by atoms with Gasteiger partial charge in [-0.2, -0.15) is 5.10 Å². The predicted molar refractivity (Wildman–Crippen MR) is 49.1 cm³/mol. The van der Waals surface area contributed by atoms with Crippen LogP contribution in [0.5, 0.6) is 0 Å². The molecule has 1 aromatic rings. The van der Waals surface area contributed by atoms with Gasteiger partial charge in [-0.25, -0.2) is 0 Å². The third kappa shape index (κ3) is 1.13. The van der Waals surface area contributed by atoms with Crippen molar-refractivity contribution in [2.24, 2.45) is 7.05 Å². The summed E-state index contributed by atoms with van der Waals surface area (Å²) in [7, 11) is 1.90. The fraction of sp³-hybridized carbons (Fsp3) is 0.625. The Morgan fingerprint density at radius 1 is 1.42 bits per heavy atom. The highest BCUT2D eigenvalue weighted by molar-refractivity contribution is 5.61. The van der Waals surface area contributed by atoms with Crippen LogP contribution < -0.4 is 10.6 Å². The van der Waals surface area contributed by atoms with Crippen LogP contribution in [0.2, 0.25) is 0 Å². The van der Waals surface area contributed by atoms with Gasteiger partial charge in [-0.15, -0.1) is 0 Å². The van der Waals surface area contributed by atoms with Crippen LogP contribution in [0, 0.1) is 0 Å². The lowest BCUT2D eigenvalue weighted by atomic mass is 10.4. The number of hydrogen-bond donors (Lipinski definition) is 1. The van der Waals surface area contributed by atoms with Crippen LogP contribution in [0.1, 0.15) is 12.8 Å². The molecule has 2 N–H and O–H groups in total. The van der Waals surface area contributed by atoms with Gasteiger partial charge in [0.15, 0.2) is 5.82 Å². The number of aryl methyl sites for hydroxylation is 1. The Hall–Kier alpha value is -1.19. The minimum absolute atomic E-state index is 0.791. The first-order chi connectivity index (χ1) is 5.77. The van der Waals surface area contributed by atoms with Gasteiger partial charge in [0.05, 0.1) is 5.69 Å². The summed E-state index contributed by atoms with van der Waals surface area (Å²) in [6, 6.07) is 0. The summed E-state index contributed by atoms with van der Waals surface area (Å²) >= 11 is 0. The first kappa shape index (κ1) is 7.46. The molecule has 0 bridgehead atoms. The van der Waals surface area contributed by atoms with Gasteiger partial charge in [0.1, 0.15) is 0 Å². The highest BCUT2D eigenvalue weighted by atomic mass is 15.3. The van der Waals surface area contributed by atoms with Crippen molar-refractivity contribution in [2.45, 2.75) is 12.8 Å². The van der Waals surface area contributed by atoms with E-state index in [1.807, 2.05) is 13.2 Å². The predicted octanol–water partition coefficient (Wildman–Crippen LogP) is 0.602. The van der Waals surface area contributed by atoms with E-state index in [9.17, 15) is 0 Å². The van der Waals surface area contributed by atoms with Crippen molar-refractivity contribution in [1.82, 2.24) is 9.78 Å². The van der Waals surface area contributed by atoms with Crippen molar-refractivity contribution in [1.29, 1.82) is 0 Å². The second kappa shape index (κ2) is 2.69. The molecule has 1 aliphatic heterocycles. The van der Waals surface area contributed by atoms with E-state index in [1.54, 1.807) is 4.68 Å². The van der Waals surface area contributed by atoms with Crippen LogP contribution in [0.4, 0.5) is 11.5 Å². The van der Waals surface area contributed by atoms with E-state index in [0.29, 0.717) is 0 Å². The molecule has 1 aromatic heterocycles. The molecular weight excluding hydrogens is 152 g/mol. The molecule has 0 amide bonds. The summed E-state index contributed by atoms with van der Waals surface area (Å²) in [4.78, 5) is 2.25. The van der Waals surface area contributed by atoms with E-state index in [4.69, 9.17) is 5.73 Å². The average Bonchev–Trinajstić information content (AvgIpc) is 2.58. The molecule has 66 valence electrons. The normalized spacial score (nSPS) is 17.2. The SMILES string of the molecule is Cn1cc(N)c(N2CCCC2)n1. The van der Waals surface area contributed by atoms with Gasteiger partial charge < -0.3 is 10.6 Å². The molecule has 4 nitrogen and oxygen atoms in total. The van der Waals surface area contributed by atoms with Crippen LogP contribution in [0.3, 0.4) is 0 Å². The summed E-state index contributed by atoms with van der Waals surface area (Å²) in [5.41, 5.74) is 6.59. The maximum absolute atomic E-state index is 5.80. The number of nitrogen functional groups attached to an aromatic ring is 1. The average molecular weight is 166 g/mol. The quantitative estimate of drug-likeness (QED) is 0.664. The van der Waals surface area contributed by atoms with Crippen molar-refractivity contribution in [3.05, 3.63) is 6.20 Å². The van der Waals surface area contributed by atoms with Crippen LogP contribution in [-0.4, -0.2) is 22.9 Å². The minimum atomic E-state index is 0.791. The zero-order chi connectivity index (χ0) is 8.55. The van der Waals surface area contributed by atoms with Crippen molar-refractivity contribution in [3.63, 3.8) is 0 Å². The van der Waals surface area contributed by atoms with Gasteiger partial charge in [-0.1, -0.05) is 0 Å². The maximum Gasteiger partial charge on any atom is 0.173 e. The van der Waals surface area contributed by atoms with E-state index < -0.39 is 0 Å². The molecule has 0 unspecified atom stereocenters. The Balaban J connectivity index is 2.25. The number of rotatable bonds is 1. The number of aromatic nitrogens is 2. The molecule has 1 aliphatic rings. The summed E-state index contributed by atoms with van der Waals surface area (Å²) in [5, 5.41) is 4.31. The molecular formula is C8H14N4. The van der Waals surface area contributed by atoms with Crippen LogP contribution in [-0.2, 0) is 7.05 Å². The van der Waals surface area contributed by atoms with Gasteiger partial charge in [-0.3, -0.25) is 4.68 Å². The van der Waals surface area contributed by atoms with E-state index in [-0.39, 0.29) is 0 Å². The largest absolute Gasteiger partial charge is 0.394 e. The summed E-state index contributed by atoms with van der Waals surface area (Å²) in [6.45, 7) is 2.20. The smallest absolute Gasteiger partial charge is 0.173 e. The van der Waals surface area contributed by atoms with Crippen molar-refractivity contribution in [3.8, 4) is 0 Å². The lowest BCUT2D eigenvalue weighted by molar-refractivity contribution is 0.755. The van der Waals surface area contributed by atoms with Crippen LogP contribution in [0.25, 0.3) is 0 Å². The third-order valence-corrected chi connectivity index (χ3v) is 2.24. The molecule has 0 radical (unpaired) electrons. The first-order valence-electron chi connectivity index (χ1n) is 4.31. The zero-order valence-corrected chi connectivity index (χ0v) is 7.32. The molecule has 2 rings (SSSR count). The highest BCUT2D eigenvalue weighted by Crippen LogP contribution is 2.23. The van der Waals surface area contributed by atoms with E-state index in [0.717, 1.165) is 24.6 Å².